The van der Waals surface area contributed by atoms with E-state index in [0.717, 1.165) is 17.5 Å². The molecule has 0 spiro atoms. The van der Waals surface area contributed by atoms with Crippen LogP contribution in [-0.4, -0.2) is 42.5 Å². The lowest BCUT2D eigenvalue weighted by Gasteiger charge is -2.32. The van der Waals surface area contributed by atoms with E-state index in [1.807, 2.05) is 86.6 Å². The Morgan fingerprint density at radius 1 is 0.857 bits per heavy atom. The Bertz CT molecular complexity index is 1070. The van der Waals surface area contributed by atoms with Crippen LogP contribution in [0, 0.1) is 0 Å². The number of nitrogens with zero attached hydrogens (tertiary/aromatic N) is 1. The molecule has 0 radical (unpaired) electrons. The van der Waals surface area contributed by atoms with Crippen LogP contribution in [0.5, 0.6) is 11.5 Å². The molecule has 3 aromatic carbocycles. The number of methoxy groups -OCH3 is 1. The molecule has 0 saturated heterocycles. The van der Waals surface area contributed by atoms with Crippen LogP contribution in [-0.2, 0) is 22.6 Å². The van der Waals surface area contributed by atoms with Gasteiger partial charge in [-0.3, -0.25) is 9.59 Å². The number of nitrogens with one attached hydrogen (secondary N) is 1. The molecule has 35 heavy (non-hydrogen) atoms. The van der Waals surface area contributed by atoms with Gasteiger partial charge in [-0.25, -0.2) is 0 Å². The molecule has 0 saturated carbocycles. The Kier molecular flexibility index (Phi) is 9.72. The molecule has 3 aromatic rings. The van der Waals surface area contributed by atoms with Gasteiger partial charge in [0.2, 0.25) is 5.91 Å². The van der Waals surface area contributed by atoms with E-state index in [1.54, 1.807) is 24.1 Å². The third-order valence-electron chi connectivity index (χ3n) is 5.89. The Labute approximate surface area is 207 Å². The van der Waals surface area contributed by atoms with Gasteiger partial charge in [0.1, 0.15) is 6.04 Å². The zero-order chi connectivity index (χ0) is 25.0. The summed E-state index contributed by atoms with van der Waals surface area (Å²) in [6, 6.07) is 25.9. The maximum atomic E-state index is 13.6. The first-order chi connectivity index (χ1) is 17.0. The van der Waals surface area contributed by atoms with Crippen molar-refractivity contribution in [3.05, 3.63) is 96.1 Å². The molecule has 2 atom stereocenters. The second-order valence-corrected chi connectivity index (χ2v) is 8.47. The average Bonchev–Trinajstić information content (AvgIpc) is 2.90. The summed E-state index contributed by atoms with van der Waals surface area (Å²) in [6.45, 7) is 4.06. The Hall–Kier alpha value is -3.80. The first-order valence-electron chi connectivity index (χ1n) is 11.9. The first-order valence-corrected chi connectivity index (χ1v) is 11.9. The van der Waals surface area contributed by atoms with Crippen LogP contribution < -0.4 is 14.8 Å². The monoisotopic (exact) mass is 474 g/mol. The molecule has 0 aliphatic rings. The van der Waals surface area contributed by atoms with Crippen LogP contribution in [0.2, 0.25) is 0 Å². The minimum atomic E-state index is -0.694. The zero-order valence-corrected chi connectivity index (χ0v) is 20.6. The minimum absolute atomic E-state index is 0.000666. The highest BCUT2D eigenvalue weighted by molar-refractivity contribution is 5.88. The van der Waals surface area contributed by atoms with E-state index in [1.165, 1.54) is 0 Å². The molecule has 0 aliphatic carbocycles. The summed E-state index contributed by atoms with van der Waals surface area (Å²) in [5.41, 5.74) is 1.92. The van der Waals surface area contributed by atoms with E-state index in [-0.39, 0.29) is 24.5 Å². The number of hydrogen-bond donors (Lipinski definition) is 1. The smallest absolute Gasteiger partial charge is 0.261 e. The van der Waals surface area contributed by atoms with Crippen LogP contribution in [0.25, 0.3) is 0 Å². The zero-order valence-electron chi connectivity index (χ0n) is 20.6. The van der Waals surface area contributed by atoms with E-state index < -0.39 is 6.04 Å². The quantitative estimate of drug-likeness (QED) is 0.416. The lowest BCUT2D eigenvalue weighted by Crippen LogP contribution is -2.53. The summed E-state index contributed by atoms with van der Waals surface area (Å²) in [5.74, 6) is 0.571. The molecule has 0 unspecified atom stereocenters. The SMILES string of the molecule is CC[C@@H](C)NC(=O)[C@@H](Cc1ccccc1)N(Cc1ccccc1)C(=O)COc1ccccc1OC. The van der Waals surface area contributed by atoms with Crippen molar-refractivity contribution in [2.24, 2.45) is 0 Å². The molecular weight excluding hydrogens is 440 g/mol. The molecular formula is C29H34N2O4. The van der Waals surface area contributed by atoms with Gasteiger partial charge in [0.25, 0.3) is 5.91 Å². The van der Waals surface area contributed by atoms with E-state index in [4.69, 9.17) is 9.47 Å². The van der Waals surface area contributed by atoms with Gasteiger partial charge >= 0.3 is 0 Å². The van der Waals surface area contributed by atoms with Crippen molar-refractivity contribution in [3.63, 3.8) is 0 Å². The molecule has 6 nitrogen and oxygen atoms in total. The highest BCUT2D eigenvalue weighted by Gasteiger charge is 2.31. The molecule has 0 bridgehead atoms. The molecule has 6 heteroatoms. The summed E-state index contributed by atoms with van der Waals surface area (Å²) >= 11 is 0. The third-order valence-corrected chi connectivity index (χ3v) is 5.89. The van der Waals surface area contributed by atoms with Gasteiger partial charge in [0, 0.05) is 19.0 Å². The number of carbonyl (C=O) groups excluding carboxylic acids is 2. The second kappa shape index (κ2) is 13.2. The van der Waals surface area contributed by atoms with Crippen molar-refractivity contribution in [1.82, 2.24) is 10.2 Å². The Morgan fingerprint density at radius 3 is 2.03 bits per heavy atom. The molecule has 2 amide bonds. The maximum Gasteiger partial charge on any atom is 0.261 e. The fourth-order valence-corrected chi connectivity index (χ4v) is 3.74. The number of ether oxygens (including phenoxy) is 2. The van der Waals surface area contributed by atoms with Crippen LogP contribution in [0.15, 0.2) is 84.9 Å². The number of hydrogen-bond acceptors (Lipinski definition) is 4. The van der Waals surface area contributed by atoms with Gasteiger partial charge in [-0.1, -0.05) is 79.7 Å². The Balaban J connectivity index is 1.90. The van der Waals surface area contributed by atoms with E-state index >= 15 is 0 Å². The number of para-hydroxylation sites is 2. The summed E-state index contributed by atoms with van der Waals surface area (Å²) in [6.07, 6.45) is 1.20. The highest BCUT2D eigenvalue weighted by atomic mass is 16.5. The fraction of sp³-hybridized carbons (Fsp3) is 0.310. The van der Waals surface area contributed by atoms with Crippen LogP contribution in [0.4, 0.5) is 0 Å². The van der Waals surface area contributed by atoms with Gasteiger partial charge in [-0.05, 0) is 36.6 Å². The van der Waals surface area contributed by atoms with Crippen molar-refractivity contribution in [2.45, 2.75) is 45.3 Å². The van der Waals surface area contributed by atoms with Crippen molar-refractivity contribution in [1.29, 1.82) is 0 Å². The molecule has 0 fully saturated rings. The van der Waals surface area contributed by atoms with Crippen molar-refractivity contribution in [3.8, 4) is 11.5 Å². The molecule has 0 aromatic heterocycles. The minimum Gasteiger partial charge on any atom is -0.493 e. The van der Waals surface area contributed by atoms with Gasteiger partial charge in [0.15, 0.2) is 18.1 Å². The summed E-state index contributed by atoms with van der Waals surface area (Å²) in [4.78, 5) is 28.7. The van der Waals surface area contributed by atoms with E-state index in [0.29, 0.717) is 24.5 Å². The van der Waals surface area contributed by atoms with Crippen LogP contribution >= 0.6 is 0 Å². The van der Waals surface area contributed by atoms with Gasteiger partial charge in [0.05, 0.1) is 7.11 Å². The molecule has 1 N–H and O–H groups in total. The summed E-state index contributed by atoms with van der Waals surface area (Å²) in [7, 11) is 1.56. The van der Waals surface area contributed by atoms with Crippen LogP contribution in [0.3, 0.4) is 0 Å². The van der Waals surface area contributed by atoms with Crippen molar-refractivity contribution in [2.75, 3.05) is 13.7 Å². The maximum absolute atomic E-state index is 13.6. The van der Waals surface area contributed by atoms with Gasteiger partial charge in [-0.2, -0.15) is 0 Å². The summed E-state index contributed by atoms with van der Waals surface area (Å²) < 4.78 is 11.2. The molecule has 3 rings (SSSR count). The highest BCUT2D eigenvalue weighted by Crippen LogP contribution is 2.26. The lowest BCUT2D eigenvalue weighted by molar-refractivity contribution is -0.143. The van der Waals surface area contributed by atoms with Crippen molar-refractivity contribution >= 4 is 11.8 Å². The normalized spacial score (nSPS) is 12.3. The summed E-state index contributed by atoms with van der Waals surface area (Å²) in [5, 5.41) is 3.07. The molecule has 0 aliphatic heterocycles. The van der Waals surface area contributed by atoms with E-state index in [9.17, 15) is 9.59 Å². The lowest BCUT2D eigenvalue weighted by atomic mass is 10.0. The largest absolute Gasteiger partial charge is 0.493 e. The standard InChI is InChI=1S/C29H34N2O4/c1-4-22(2)30-29(33)25(19-23-13-7-5-8-14-23)31(20-24-15-9-6-10-16-24)28(32)21-35-27-18-12-11-17-26(27)34-3/h5-18,22,25H,4,19-21H2,1-3H3,(H,30,33)/t22-,25-/m1/s1. The topological polar surface area (TPSA) is 67.9 Å². The van der Waals surface area contributed by atoms with Gasteiger partial charge < -0.3 is 19.7 Å². The second-order valence-electron chi connectivity index (χ2n) is 8.47. The molecule has 0 heterocycles. The average molecular weight is 475 g/mol. The number of rotatable bonds is 12. The van der Waals surface area contributed by atoms with Gasteiger partial charge in [-0.15, -0.1) is 0 Å². The molecule has 184 valence electrons. The number of amides is 2. The fourth-order valence-electron chi connectivity index (χ4n) is 3.74. The number of carbonyl (C=O) groups is 2. The Morgan fingerprint density at radius 2 is 1.43 bits per heavy atom. The predicted octanol–water partition coefficient (Wildman–Crippen LogP) is 4.63. The predicted molar refractivity (Wildman–Crippen MR) is 137 cm³/mol. The third kappa shape index (κ3) is 7.60. The number of benzene rings is 3. The van der Waals surface area contributed by atoms with Crippen molar-refractivity contribution < 1.29 is 19.1 Å². The van der Waals surface area contributed by atoms with E-state index in [2.05, 4.69) is 5.32 Å². The first kappa shape index (κ1) is 25.8. The van der Waals surface area contributed by atoms with Crippen LogP contribution in [0.1, 0.15) is 31.4 Å².